The minimum Gasteiger partial charge on any atom is -0.228 e. The van der Waals surface area contributed by atoms with Crippen molar-refractivity contribution in [3.05, 3.63) is 0 Å². The highest BCUT2D eigenvalue weighted by atomic mass is 79.9. The predicted octanol–water partition coefficient (Wildman–Crippen LogP) is 1.11. The van der Waals surface area contributed by atoms with Crippen molar-refractivity contribution in [2.45, 2.75) is 26.2 Å². The Kier molecular flexibility index (Phi) is 7.86. The molecule has 0 aliphatic heterocycles. The molecule has 1 unspecified atom stereocenters. The lowest BCUT2D eigenvalue weighted by atomic mass is 10.0. The van der Waals surface area contributed by atoms with Crippen molar-refractivity contribution < 1.29 is 16.8 Å². The van der Waals surface area contributed by atoms with E-state index in [0.717, 1.165) is 30.8 Å². The van der Waals surface area contributed by atoms with E-state index >= 15 is 0 Å². The Hall–Kier alpha value is 0.340. The van der Waals surface area contributed by atoms with E-state index in [-0.39, 0.29) is 5.92 Å². The largest absolute Gasteiger partial charge is 0.228 e. The molecular formula is C9H20BrNO4S2. The van der Waals surface area contributed by atoms with Gasteiger partial charge in [-0.2, -0.15) is 0 Å². The zero-order valence-electron chi connectivity index (χ0n) is 10.1. The summed E-state index contributed by atoms with van der Waals surface area (Å²) in [5.74, 6) is 0.244. The van der Waals surface area contributed by atoms with Crippen molar-refractivity contribution in [1.29, 1.82) is 0 Å². The van der Waals surface area contributed by atoms with Gasteiger partial charge in [0.2, 0.25) is 10.0 Å². The van der Waals surface area contributed by atoms with E-state index in [4.69, 9.17) is 0 Å². The summed E-state index contributed by atoms with van der Waals surface area (Å²) in [5, 5.41) is -0.0291. The maximum atomic E-state index is 11.5. The third-order valence-corrected chi connectivity index (χ3v) is 6.19. The zero-order chi connectivity index (χ0) is 13.5. The van der Waals surface area contributed by atoms with Crippen LogP contribution in [0.3, 0.4) is 0 Å². The topological polar surface area (TPSA) is 80.3 Å². The number of alkyl halides is 1. The molecule has 0 amide bonds. The van der Waals surface area contributed by atoms with Crippen molar-refractivity contribution >= 4 is 35.8 Å². The SMILES string of the molecule is CCCC(CCBr)CNS(=O)(=O)CS(C)(=O)=O. The Balaban J connectivity index is 4.32. The van der Waals surface area contributed by atoms with Gasteiger partial charge in [-0.05, 0) is 18.8 Å². The summed E-state index contributed by atoms with van der Waals surface area (Å²) in [5.41, 5.74) is 0. The van der Waals surface area contributed by atoms with E-state index in [1.54, 1.807) is 0 Å². The number of hydrogen-bond acceptors (Lipinski definition) is 4. The average Bonchev–Trinajstić information content (AvgIpc) is 2.11. The number of sulfone groups is 1. The molecule has 0 fully saturated rings. The number of sulfonamides is 1. The Labute approximate surface area is 112 Å². The minimum atomic E-state index is -3.72. The predicted molar refractivity (Wildman–Crippen MR) is 73.4 cm³/mol. The van der Waals surface area contributed by atoms with Crippen LogP contribution in [0.25, 0.3) is 0 Å². The van der Waals surface area contributed by atoms with Gasteiger partial charge in [0.25, 0.3) is 0 Å². The second-order valence-electron chi connectivity index (χ2n) is 4.14. The number of halogens is 1. The average molecular weight is 350 g/mol. The van der Waals surface area contributed by atoms with Crippen molar-refractivity contribution in [2.24, 2.45) is 5.92 Å². The fraction of sp³-hybridized carbons (Fsp3) is 1.00. The van der Waals surface area contributed by atoms with Crippen LogP contribution >= 0.6 is 15.9 Å². The molecule has 0 aliphatic rings. The first kappa shape index (κ1) is 17.3. The van der Waals surface area contributed by atoms with Crippen LogP contribution in [0.15, 0.2) is 0 Å². The number of rotatable bonds is 9. The lowest BCUT2D eigenvalue weighted by Crippen LogP contribution is -2.33. The van der Waals surface area contributed by atoms with Crippen LogP contribution in [-0.4, -0.2) is 40.1 Å². The van der Waals surface area contributed by atoms with Crippen LogP contribution in [0.1, 0.15) is 26.2 Å². The van der Waals surface area contributed by atoms with E-state index < -0.39 is 24.9 Å². The maximum absolute atomic E-state index is 11.5. The smallest absolute Gasteiger partial charge is 0.226 e. The maximum Gasteiger partial charge on any atom is 0.226 e. The van der Waals surface area contributed by atoms with Crippen LogP contribution < -0.4 is 4.72 Å². The molecule has 0 rings (SSSR count). The molecule has 0 aromatic carbocycles. The molecule has 104 valence electrons. The second kappa shape index (κ2) is 7.70. The molecule has 0 saturated carbocycles. The molecule has 0 heterocycles. The van der Waals surface area contributed by atoms with E-state index in [0.29, 0.717) is 6.54 Å². The van der Waals surface area contributed by atoms with E-state index in [1.807, 2.05) is 6.92 Å². The summed E-state index contributed by atoms with van der Waals surface area (Å²) in [6.45, 7) is 2.34. The van der Waals surface area contributed by atoms with Gasteiger partial charge in [0, 0.05) is 18.1 Å². The van der Waals surface area contributed by atoms with Gasteiger partial charge in [-0.1, -0.05) is 29.3 Å². The monoisotopic (exact) mass is 349 g/mol. The first-order chi connectivity index (χ1) is 7.70. The molecule has 1 atom stereocenters. The fourth-order valence-corrected chi connectivity index (χ4v) is 5.20. The molecule has 0 bridgehead atoms. The zero-order valence-corrected chi connectivity index (χ0v) is 13.4. The number of nitrogens with one attached hydrogen (secondary N) is 1. The lowest BCUT2D eigenvalue weighted by molar-refractivity contribution is 0.459. The third-order valence-electron chi connectivity index (χ3n) is 2.18. The van der Waals surface area contributed by atoms with Gasteiger partial charge in [-0.3, -0.25) is 0 Å². The van der Waals surface area contributed by atoms with Crippen molar-refractivity contribution in [1.82, 2.24) is 4.72 Å². The first-order valence-electron chi connectivity index (χ1n) is 5.41. The Morgan fingerprint density at radius 2 is 1.76 bits per heavy atom. The Bertz CT molecular complexity index is 399. The van der Waals surface area contributed by atoms with E-state index in [2.05, 4.69) is 20.7 Å². The summed E-state index contributed by atoms with van der Waals surface area (Å²) in [6, 6.07) is 0. The standard InChI is InChI=1S/C9H20BrNO4S2/c1-3-4-9(5-6-10)7-11-17(14,15)8-16(2,12)13/h9,11H,3-8H2,1-2H3. The normalized spacial score (nSPS) is 14.8. The molecule has 0 spiro atoms. The van der Waals surface area contributed by atoms with Crippen molar-refractivity contribution in [2.75, 3.05) is 23.2 Å². The van der Waals surface area contributed by atoms with Gasteiger partial charge in [0.1, 0.15) is 0 Å². The van der Waals surface area contributed by atoms with Crippen LogP contribution in [0.5, 0.6) is 0 Å². The highest BCUT2D eigenvalue weighted by Crippen LogP contribution is 2.12. The molecule has 0 aromatic rings. The molecule has 0 aliphatic carbocycles. The van der Waals surface area contributed by atoms with Crippen molar-refractivity contribution in [3.8, 4) is 0 Å². The molecule has 8 heteroatoms. The van der Waals surface area contributed by atoms with Gasteiger partial charge in [-0.25, -0.2) is 21.6 Å². The molecule has 0 radical (unpaired) electrons. The van der Waals surface area contributed by atoms with Gasteiger partial charge < -0.3 is 0 Å². The van der Waals surface area contributed by atoms with E-state index in [1.165, 1.54) is 0 Å². The molecule has 0 saturated heterocycles. The summed E-state index contributed by atoms with van der Waals surface area (Å²) >= 11 is 3.32. The third kappa shape index (κ3) is 9.99. The highest BCUT2D eigenvalue weighted by molar-refractivity contribution is 9.09. The Morgan fingerprint density at radius 1 is 1.18 bits per heavy atom. The summed E-state index contributed by atoms with van der Waals surface area (Å²) in [6.07, 6.45) is 3.68. The second-order valence-corrected chi connectivity index (χ2v) is 9.24. The van der Waals surface area contributed by atoms with Crippen LogP contribution in [-0.2, 0) is 19.9 Å². The summed E-state index contributed by atoms with van der Waals surface area (Å²) in [7, 11) is -7.24. The van der Waals surface area contributed by atoms with Crippen LogP contribution in [0.4, 0.5) is 0 Å². The van der Waals surface area contributed by atoms with Gasteiger partial charge >= 0.3 is 0 Å². The number of hydrogen-bond donors (Lipinski definition) is 1. The van der Waals surface area contributed by atoms with Crippen LogP contribution in [0, 0.1) is 5.92 Å². The molecule has 17 heavy (non-hydrogen) atoms. The molecular weight excluding hydrogens is 330 g/mol. The quantitative estimate of drug-likeness (QED) is 0.632. The van der Waals surface area contributed by atoms with Gasteiger partial charge in [0.05, 0.1) is 0 Å². The van der Waals surface area contributed by atoms with E-state index in [9.17, 15) is 16.8 Å². The molecule has 0 aromatic heterocycles. The van der Waals surface area contributed by atoms with Crippen molar-refractivity contribution in [3.63, 3.8) is 0 Å². The highest BCUT2D eigenvalue weighted by Gasteiger charge is 2.19. The molecule has 5 nitrogen and oxygen atoms in total. The molecule has 1 N–H and O–H groups in total. The van der Waals surface area contributed by atoms with Gasteiger partial charge in [0.15, 0.2) is 14.9 Å². The van der Waals surface area contributed by atoms with Gasteiger partial charge in [-0.15, -0.1) is 0 Å². The fourth-order valence-electron chi connectivity index (χ4n) is 1.48. The summed E-state index contributed by atoms with van der Waals surface area (Å²) < 4.78 is 47.1. The Morgan fingerprint density at radius 3 is 2.18 bits per heavy atom. The first-order valence-corrected chi connectivity index (χ1v) is 10.2. The van der Waals surface area contributed by atoms with Crippen LogP contribution in [0.2, 0.25) is 0 Å². The minimum absolute atomic E-state index is 0.244. The lowest BCUT2D eigenvalue weighted by Gasteiger charge is -2.15. The summed E-state index contributed by atoms with van der Waals surface area (Å²) in [4.78, 5) is 0.